The molecule has 0 bridgehead atoms. The molecule has 1 aromatic heterocycles. The molecule has 17 heavy (non-hydrogen) atoms. The summed E-state index contributed by atoms with van der Waals surface area (Å²) in [4.78, 5) is 19.8. The third kappa shape index (κ3) is 3.06. The average Bonchev–Trinajstić information content (AvgIpc) is 2.80. The Labute approximate surface area is 101 Å². The first-order valence-electron chi connectivity index (χ1n) is 6.00. The normalized spacial score (nSPS) is 18.2. The van der Waals surface area contributed by atoms with E-state index in [1.807, 2.05) is 4.90 Å². The van der Waals surface area contributed by atoms with Gasteiger partial charge in [0.25, 0.3) is 0 Å². The fraction of sp³-hybridized carbons (Fsp3) is 0.667. The molecule has 0 aliphatic carbocycles. The first kappa shape index (κ1) is 12.1. The highest BCUT2D eigenvalue weighted by Crippen LogP contribution is 2.18. The zero-order valence-electron chi connectivity index (χ0n) is 10.4. The van der Waals surface area contributed by atoms with Gasteiger partial charge < -0.3 is 14.2 Å². The minimum absolute atomic E-state index is 0.107. The van der Waals surface area contributed by atoms with Gasteiger partial charge in [0, 0.05) is 13.0 Å². The van der Waals surface area contributed by atoms with Crippen LogP contribution in [-0.2, 0) is 11.3 Å². The quantitative estimate of drug-likeness (QED) is 0.790. The molecular weight excluding hydrogens is 218 g/mol. The number of nitrogens with zero attached hydrogens (tertiary/aromatic N) is 3. The minimum Gasteiger partial charge on any atom is -0.447 e. The summed E-state index contributed by atoms with van der Waals surface area (Å²) in [7, 11) is 2.12. The summed E-state index contributed by atoms with van der Waals surface area (Å²) in [5, 5.41) is 0. The Kier molecular flexibility index (Phi) is 3.78. The van der Waals surface area contributed by atoms with Gasteiger partial charge in [-0.1, -0.05) is 0 Å². The molecule has 5 heteroatoms. The van der Waals surface area contributed by atoms with Gasteiger partial charge in [-0.2, -0.15) is 0 Å². The number of hydrogen-bond acceptors (Lipinski definition) is 4. The van der Waals surface area contributed by atoms with E-state index in [1.54, 1.807) is 13.1 Å². The third-order valence-electron chi connectivity index (χ3n) is 3.34. The third-order valence-corrected chi connectivity index (χ3v) is 3.34. The molecule has 0 N–H and O–H groups in total. The first-order valence-corrected chi connectivity index (χ1v) is 6.00. The van der Waals surface area contributed by atoms with Gasteiger partial charge in [0.1, 0.15) is 5.76 Å². The molecule has 1 fully saturated rings. The largest absolute Gasteiger partial charge is 0.447 e. The van der Waals surface area contributed by atoms with Crippen LogP contribution in [0.3, 0.4) is 0 Å². The molecule has 0 radical (unpaired) electrons. The molecule has 0 spiro atoms. The molecular formula is C12H19N3O2. The van der Waals surface area contributed by atoms with Crippen LogP contribution in [0.15, 0.2) is 17.0 Å². The average molecular weight is 237 g/mol. The van der Waals surface area contributed by atoms with Gasteiger partial charge in [-0.3, -0.25) is 4.79 Å². The van der Waals surface area contributed by atoms with E-state index >= 15 is 0 Å². The zero-order chi connectivity index (χ0) is 12.3. The van der Waals surface area contributed by atoms with Crippen molar-refractivity contribution in [2.75, 3.05) is 20.1 Å². The summed E-state index contributed by atoms with van der Waals surface area (Å²) in [6, 6.07) is 0.328. The first-order chi connectivity index (χ1) is 8.16. The molecule has 0 saturated carbocycles. The molecule has 2 heterocycles. The predicted octanol–water partition coefficient (Wildman–Crippen LogP) is 1.12. The molecule has 1 amide bonds. The Morgan fingerprint density at radius 3 is 2.82 bits per heavy atom. The summed E-state index contributed by atoms with van der Waals surface area (Å²) < 4.78 is 5.21. The van der Waals surface area contributed by atoms with Crippen LogP contribution in [-0.4, -0.2) is 46.9 Å². The van der Waals surface area contributed by atoms with Crippen LogP contribution in [0.1, 0.15) is 25.5 Å². The van der Waals surface area contributed by atoms with Crippen molar-refractivity contribution >= 4 is 5.91 Å². The Bertz CT molecular complexity index is 356. The maximum atomic E-state index is 11.7. The summed E-state index contributed by atoms with van der Waals surface area (Å²) in [5.74, 6) is 0.857. The molecule has 1 aliphatic rings. The number of oxazole rings is 1. The van der Waals surface area contributed by atoms with Gasteiger partial charge in [-0.25, -0.2) is 4.98 Å². The van der Waals surface area contributed by atoms with Crippen LogP contribution in [0.25, 0.3) is 0 Å². The van der Waals surface area contributed by atoms with Crippen LogP contribution in [0.2, 0.25) is 0 Å². The Morgan fingerprint density at radius 2 is 2.29 bits per heavy atom. The van der Waals surface area contributed by atoms with Gasteiger partial charge >= 0.3 is 0 Å². The number of likely N-dealkylation sites (tertiary alicyclic amines) is 1. The topological polar surface area (TPSA) is 49.6 Å². The lowest BCUT2D eigenvalue weighted by Crippen LogP contribution is -2.45. The minimum atomic E-state index is 0.107. The summed E-state index contributed by atoms with van der Waals surface area (Å²) >= 11 is 0. The smallest absolute Gasteiger partial charge is 0.220 e. The van der Waals surface area contributed by atoms with Gasteiger partial charge in [0.2, 0.25) is 5.91 Å². The second kappa shape index (κ2) is 5.31. The van der Waals surface area contributed by atoms with Crippen molar-refractivity contribution in [3.63, 3.8) is 0 Å². The number of rotatable bonds is 3. The summed E-state index contributed by atoms with van der Waals surface area (Å²) in [6.45, 7) is 4.24. The van der Waals surface area contributed by atoms with Crippen LogP contribution in [0.4, 0.5) is 0 Å². The van der Waals surface area contributed by atoms with Crippen molar-refractivity contribution in [1.29, 1.82) is 0 Å². The zero-order valence-corrected chi connectivity index (χ0v) is 10.4. The van der Waals surface area contributed by atoms with Crippen LogP contribution in [0, 0.1) is 0 Å². The maximum absolute atomic E-state index is 11.7. The van der Waals surface area contributed by atoms with E-state index < -0.39 is 0 Å². The highest BCUT2D eigenvalue weighted by Gasteiger charge is 2.25. The molecule has 1 saturated heterocycles. The van der Waals surface area contributed by atoms with Crippen molar-refractivity contribution in [3.8, 4) is 0 Å². The van der Waals surface area contributed by atoms with Gasteiger partial charge in [0.05, 0.1) is 12.7 Å². The molecule has 94 valence electrons. The molecule has 1 aliphatic heterocycles. The SMILES string of the molecule is CC(=O)N(Cc1cnco1)C1CCN(C)CC1. The Balaban J connectivity index is 1.99. The van der Waals surface area contributed by atoms with E-state index in [2.05, 4.69) is 16.9 Å². The molecule has 5 nitrogen and oxygen atoms in total. The van der Waals surface area contributed by atoms with E-state index in [9.17, 15) is 4.79 Å². The van der Waals surface area contributed by atoms with Crippen molar-refractivity contribution < 1.29 is 9.21 Å². The predicted molar refractivity (Wildman–Crippen MR) is 63.2 cm³/mol. The molecule has 1 aromatic rings. The highest BCUT2D eigenvalue weighted by molar-refractivity contribution is 5.73. The Morgan fingerprint density at radius 1 is 1.59 bits per heavy atom. The van der Waals surface area contributed by atoms with Crippen LogP contribution < -0.4 is 0 Å². The van der Waals surface area contributed by atoms with Crippen molar-refractivity contribution in [2.24, 2.45) is 0 Å². The second-order valence-corrected chi connectivity index (χ2v) is 4.65. The maximum Gasteiger partial charge on any atom is 0.220 e. The van der Waals surface area contributed by atoms with Crippen molar-refractivity contribution in [1.82, 2.24) is 14.8 Å². The van der Waals surface area contributed by atoms with Crippen LogP contribution in [0.5, 0.6) is 0 Å². The molecule has 0 atom stereocenters. The monoisotopic (exact) mass is 237 g/mol. The fourth-order valence-electron chi connectivity index (χ4n) is 2.29. The standard InChI is InChI=1S/C12H19N3O2/c1-10(16)15(8-12-7-13-9-17-12)11-3-5-14(2)6-4-11/h7,9,11H,3-6,8H2,1-2H3. The Hall–Kier alpha value is -1.36. The van der Waals surface area contributed by atoms with Gasteiger partial charge in [-0.05, 0) is 33.0 Å². The lowest BCUT2D eigenvalue weighted by atomic mass is 10.0. The molecule has 0 unspecified atom stereocenters. The summed E-state index contributed by atoms with van der Waals surface area (Å²) in [6.07, 6.45) is 5.14. The number of carbonyl (C=O) groups excluding carboxylic acids is 1. The highest BCUT2D eigenvalue weighted by atomic mass is 16.3. The van der Waals surface area contributed by atoms with Gasteiger partial charge in [-0.15, -0.1) is 0 Å². The van der Waals surface area contributed by atoms with E-state index in [4.69, 9.17) is 4.42 Å². The number of piperidine rings is 1. The number of hydrogen-bond donors (Lipinski definition) is 0. The number of carbonyl (C=O) groups is 1. The lowest BCUT2D eigenvalue weighted by molar-refractivity contribution is -0.133. The number of aromatic nitrogens is 1. The second-order valence-electron chi connectivity index (χ2n) is 4.65. The van der Waals surface area contributed by atoms with Crippen LogP contribution >= 0.6 is 0 Å². The van der Waals surface area contributed by atoms with E-state index in [0.717, 1.165) is 31.7 Å². The molecule has 0 aromatic carbocycles. The van der Waals surface area contributed by atoms with E-state index in [1.165, 1.54) is 6.39 Å². The number of amides is 1. The van der Waals surface area contributed by atoms with E-state index in [0.29, 0.717) is 12.6 Å². The molecule has 2 rings (SSSR count). The fourth-order valence-corrected chi connectivity index (χ4v) is 2.29. The van der Waals surface area contributed by atoms with Gasteiger partial charge in [0.15, 0.2) is 6.39 Å². The summed E-state index contributed by atoms with van der Waals surface area (Å²) in [5.41, 5.74) is 0. The van der Waals surface area contributed by atoms with Crippen molar-refractivity contribution in [3.05, 3.63) is 18.4 Å². The lowest BCUT2D eigenvalue weighted by Gasteiger charge is -2.36. The van der Waals surface area contributed by atoms with E-state index in [-0.39, 0.29) is 5.91 Å². The van der Waals surface area contributed by atoms with Crippen molar-refractivity contribution in [2.45, 2.75) is 32.4 Å².